The number of nitrogens with zero attached hydrogens (tertiary/aromatic N) is 4. The third kappa shape index (κ3) is 2.89. The maximum Gasteiger partial charge on any atom is 0.300 e. The van der Waals surface area contributed by atoms with Crippen molar-refractivity contribution in [3.8, 4) is 5.69 Å². The van der Waals surface area contributed by atoms with Crippen LogP contribution in [0.2, 0.25) is 5.02 Å². The summed E-state index contributed by atoms with van der Waals surface area (Å²) in [6.07, 6.45) is 5.77. The van der Waals surface area contributed by atoms with Gasteiger partial charge in [0.05, 0.1) is 5.69 Å². The van der Waals surface area contributed by atoms with E-state index in [1.807, 2.05) is 18.3 Å². The second-order valence-electron chi connectivity index (χ2n) is 4.83. The van der Waals surface area contributed by atoms with Crippen molar-refractivity contribution in [2.24, 2.45) is 0 Å². The van der Waals surface area contributed by atoms with E-state index in [-0.39, 0.29) is 5.56 Å². The summed E-state index contributed by atoms with van der Waals surface area (Å²) < 4.78 is 3.26. The number of unbranched alkanes of at least 4 members (excludes halogenated alkanes) is 1. The molecule has 3 rings (SSSR count). The largest absolute Gasteiger partial charge is 0.300 e. The van der Waals surface area contributed by atoms with E-state index in [2.05, 4.69) is 17.1 Å². The molecule has 0 amide bonds. The number of aromatic nitrogens is 4. The smallest absolute Gasteiger partial charge is 0.280 e. The van der Waals surface area contributed by atoms with Crippen LogP contribution in [0.3, 0.4) is 0 Å². The average molecular weight is 335 g/mol. The van der Waals surface area contributed by atoms with Crippen molar-refractivity contribution in [2.45, 2.75) is 24.9 Å². The lowest BCUT2D eigenvalue weighted by Gasteiger charge is -2.06. The van der Waals surface area contributed by atoms with Crippen molar-refractivity contribution in [1.82, 2.24) is 19.2 Å². The highest BCUT2D eigenvalue weighted by Gasteiger charge is 2.11. The topological polar surface area (TPSA) is 52.2 Å². The Labute approximate surface area is 136 Å². The molecule has 114 valence electrons. The van der Waals surface area contributed by atoms with Crippen molar-refractivity contribution in [3.63, 3.8) is 0 Å². The van der Waals surface area contributed by atoms with E-state index in [0.717, 1.165) is 23.8 Å². The van der Waals surface area contributed by atoms with E-state index in [1.165, 1.54) is 4.57 Å². The Morgan fingerprint density at radius 1 is 1.27 bits per heavy atom. The molecule has 22 heavy (non-hydrogen) atoms. The Bertz CT molecular complexity index is 858. The van der Waals surface area contributed by atoms with E-state index >= 15 is 0 Å². The second-order valence-corrected chi connectivity index (χ2v) is 6.33. The van der Waals surface area contributed by atoms with E-state index in [9.17, 15) is 4.79 Å². The van der Waals surface area contributed by atoms with Gasteiger partial charge in [0, 0.05) is 23.2 Å². The molecule has 1 aromatic carbocycles. The summed E-state index contributed by atoms with van der Waals surface area (Å²) in [4.78, 5) is 12.6. The minimum atomic E-state index is -0.209. The standard InChI is InChI=1S/C15H15ClN4OS/c1-2-3-9-22-15-18-17-13-14(21)19(7-8-20(13)15)12-6-4-5-11(16)10-12/h4-8,10H,2-3,9H2,1H3. The molecule has 5 nitrogen and oxygen atoms in total. The van der Waals surface area contributed by atoms with Gasteiger partial charge in [-0.15, -0.1) is 10.2 Å². The quantitative estimate of drug-likeness (QED) is 0.530. The third-order valence-electron chi connectivity index (χ3n) is 3.25. The summed E-state index contributed by atoms with van der Waals surface area (Å²) in [5.74, 6) is 0.967. The van der Waals surface area contributed by atoms with Crippen molar-refractivity contribution in [3.05, 3.63) is 52.0 Å². The highest BCUT2D eigenvalue weighted by molar-refractivity contribution is 7.99. The van der Waals surface area contributed by atoms with Gasteiger partial charge in [0.25, 0.3) is 0 Å². The van der Waals surface area contributed by atoms with Crippen molar-refractivity contribution < 1.29 is 0 Å². The SMILES string of the molecule is CCCCSc1nnc2c(=O)n(-c3cccc(Cl)c3)ccn12. The van der Waals surface area contributed by atoms with Gasteiger partial charge in [-0.25, -0.2) is 0 Å². The molecule has 0 unspecified atom stereocenters. The minimum absolute atomic E-state index is 0.209. The van der Waals surface area contributed by atoms with E-state index in [1.54, 1.807) is 34.5 Å². The second kappa shape index (κ2) is 6.54. The Balaban J connectivity index is 2.02. The first-order chi connectivity index (χ1) is 10.7. The molecule has 0 bridgehead atoms. The monoisotopic (exact) mass is 334 g/mol. The predicted octanol–water partition coefficient (Wildman–Crippen LogP) is 3.43. The molecule has 0 aliphatic carbocycles. The molecular formula is C15H15ClN4OS. The lowest BCUT2D eigenvalue weighted by molar-refractivity contribution is 0.872. The van der Waals surface area contributed by atoms with Crippen molar-refractivity contribution >= 4 is 29.0 Å². The van der Waals surface area contributed by atoms with Crippen LogP contribution in [0.4, 0.5) is 0 Å². The van der Waals surface area contributed by atoms with E-state index in [0.29, 0.717) is 16.4 Å². The van der Waals surface area contributed by atoms with Crippen LogP contribution in [0.1, 0.15) is 19.8 Å². The van der Waals surface area contributed by atoms with Crippen LogP contribution in [0, 0.1) is 0 Å². The van der Waals surface area contributed by atoms with Crippen LogP contribution in [0.5, 0.6) is 0 Å². The van der Waals surface area contributed by atoms with Crippen LogP contribution in [0.15, 0.2) is 46.6 Å². The maximum absolute atomic E-state index is 12.6. The van der Waals surface area contributed by atoms with Crippen LogP contribution < -0.4 is 5.56 Å². The first kappa shape index (κ1) is 15.1. The fraction of sp³-hybridized carbons (Fsp3) is 0.267. The van der Waals surface area contributed by atoms with Crippen LogP contribution >= 0.6 is 23.4 Å². The number of benzene rings is 1. The first-order valence-corrected chi connectivity index (χ1v) is 8.42. The molecule has 0 saturated carbocycles. The predicted molar refractivity (Wildman–Crippen MR) is 89.2 cm³/mol. The summed E-state index contributed by atoms with van der Waals surface area (Å²) in [6.45, 7) is 2.14. The molecule has 0 saturated heterocycles. The Morgan fingerprint density at radius 2 is 2.14 bits per heavy atom. The number of thioether (sulfide) groups is 1. The van der Waals surface area contributed by atoms with Gasteiger partial charge in [0.15, 0.2) is 5.16 Å². The van der Waals surface area contributed by atoms with Crippen LogP contribution in [-0.4, -0.2) is 24.9 Å². The molecule has 2 heterocycles. The number of fused-ring (bicyclic) bond motifs is 1. The Hall–Kier alpha value is -1.79. The lowest BCUT2D eigenvalue weighted by Crippen LogP contribution is -2.20. The Morgan fingerprint density at radius 3 is 2.91 bits per heavy atom. The van der Waals surface area contributed by atoms with Gasteiger partial charge in [-0.05, 0) is 24.6 Å². The minimum Gasteiger partial charge on any atom is -0.280 e. The Kier molecular flexibility index (Phi) is 4.49. The van der Waals surface area contributed by atoms with Gasteiger partial charge < -0.3 is 0 Å². The fourth-order valence-corrected chi connectivity index (χ4v) is 3.29. The number of hydrogen-bond donors (Lipinski definition) is 0. The molecule has 3 aromatic rings. The molecule has 0 N–H and O–H groups in total. The summed E-state index contributed by atoms with van der Waals surface area (Å²) in [6, 6.07) is 7.15. The molecule has 0 aliphatic rings. The normalized spacial score (nSPS) is 11.2. The maximum atomic E-state index is 12.6. The highest BCUT2D eigenvalue weighted by Crippen LogP contribution is 2.18. The van der Waals surface area contributed by atoms with Gasteiger partial charge in [-0.1, -0.05) is 42.8 Å². The summed E-state index contributed by atoms with van der Waals surface area (Å²) in [7, 11) is 0. The molecule has 7 heteroatoms. The molecular weight excluding hydrogens is 320 g/mol. The summed E-state index contributed by atoms with van der Waals surface area (Å²) in [5, 5.41) is 9.48. The van der Waals surface area contributed by atoms with Gasteiger partial charge in [-0.2, -0.15) is 0 Å². The number of hydrogen-bond acceptors (Lipinski definition) is 4. The molecule has 2 aromatic heterocycles. The van der Waals surface area contributed by atoms with Crippen LogP contribution in [-0.2, 0) is 0 Å². The molecule has 0 atom stereocenters. The first-order valence-electron chi connectivity index (χ1n) is 7.06. The van der Waals surface area contributed by atoms with Gasteiger partial charge in [-0.3, -0.25) is 13.8 Å². The molecule has 0 radical (unpaired) electrons. The van der Waals surface area contributed by atoms with Gasteiger partial charge >= 0.3 is 5.56 Å². The van der Waals surface area contributed by atoms with E-state index < -0.39 is 0 Å². The van der Waals surface area contributed by atoms with Gasteiger partial charge in [0.2, 0.25) is 5.65 Å². The molecule has 0 spiro atoms. The zero-order valence-corrected chi connectivity index (χ0v) is 13.6. The number of halogens is 1. The summed E-state index contributed by atoms with van der Waals surface area (Å²) >= 11 is 7.60. The lowest BCUT2D eigenvalue weighted by atomic mass is 10.3. The van der Waals surface area contributed by atoms with E-state index in [4.69, 9.17) is 11.6 Å². The van der Waals surface area contributed by atoms with Crippen molar-refractivity contribution in [2.75, 3.05) is 5.75 Å². The summed E-state index contributed by atoms with van der Waals surface area (Å²) in [5.41, 5.74) is 0.823. The zero-order chi connectivity index (χ0) is 15.5. The molecule has 0 fully saturated rings. The molecule has 0 aliphatic heterocycles. The fourth-order valence-electron chi connectivity index (χ4n) is 2.10. The van der Waals surface area contributed by atoms with Crippen LogP contribution in [0.25, 0.3) is 11.3 Å². The number of rotatable bonds is 5. The van der Waals surface area contributed by atoms with Crippen molar-refractivity contribution in [1.29, 1.82) is 0 Å². The van der Waals surface area contributed by atoms with Gasteiger partial charge in [0.1, 0.15) is 0 Å². The average Bonchev–Trinajstić information content (AvgIpc) is 2.92. The zero-order valence-electron chi connectivity index (χ0n) is 12.1. The highest BCUT2D eigenvalue weighted by atomic mass is 35.5. The third-order valence-corrected chi connectivity index (χ3v) is 4.52.